The maximum Gasteiger partial charge on any atom is 0.328 e. The van der Waals surface area contributed by atoms with Gasteiger partial charge in [0.25, 0.3) is 15.9 Å². The van der Waals surface area contributed by atoms with Gasteiger partial charge >= 0.3 is 5.97 Å². The number of amides is 1. The third-order valence-corrected chi connectivity index (χ3v) is 6.69. The minimum atomic E-state index is -3.90. The molecule has 1 aromatic carbocycles. The van der Waals surface area contributed by atoms with E-state index in [0.29, 0.717) is 6.42 Å². The Morgan fingerprint density at radius 2 is 1.92 bits per heavy atom. The molecule has 1 atom stereocenters. The number of sulfonamides is 1. The summed E-state index contributed by atoms with van der Waals surface area (Å²) in [6.45, 7) is 0.277. The second kappa shape index (κ2) is 7.43. The molecule has 1 fully saturated rings. The Bertz CT molecular complexity index is 957. The molecule has 26 heavy (non-hydrogen) atoms. The van der Waals surface area contributed by atoms with Gasteiger partial charge in [-0.1, -0.05) is 23.2 Å². The van der Waals surface area contributed by atoms with Crippen LogP contribution in [0.25, 0.3) is 0 Å². The second-order valence-electron chi connectivity index (χ2n) is 5.35. The number of nitrogens with one attached hydrogen (secondary N) is 2. The van der Waals surface area contributed by atoms with E-state index < -0.39 is 27.9 Å². The van der Waals surface area contributed by atoms with Crippen LogP contribution in [0.2, 0.25) is 8.67 Å². The molecule has 0 bridgehead atoms. The highest BCUT2D eigenvalue weighted by molar-refractivity contribution is 7.93. The molecule has 1 unspecified atom stereocenters. The first kappa shape index (κ1) is 19.0. The average molecular weight is 435 g/mol. The van der Waals surface area contributed by atoms with E-state index in [2.05, 4.69) is 10.0 Å². The number of hydrogen-bond acceptors (Lipinski definition) is 6. The lowest BCUT2D eigenvalue weighted by atomic mass is 10.1. The molecule has 2 N–H and O–H groups in total. The summed E-state index contributed by atoms with van der Waals surface area (Å²) in [5.41, 5.74) is 0.532. The second-order valence-corrected chi connectivity index (χ2v) is 9.29. The number of halogens is 2. The molecule has 1 amide bonds. The first-order chi connectivity index (χ1) is 12.3. The Kier molecular flexibility index (Phi) is 5.42. The number of rotatable bonds is 5. The van der Waals surface area contributed by atoms with E-state index >= 15 is 0 Å². The SMILES string of the molecule is O=C(NC1CCOC1=O)c1ccc(NS(=O)(=O)c2cc(Cl)sc2Cl)cc1. The maximum absolute atomic E-state index is 12.3. The van der Waals surface area contributed by atoms with Crippen LogP contribution in [0.1, 0.15) is 16.8 Å². The van der Waals surface area contributed by atoms with Gasteiger partial charge in [-0.3, -0.25) is 9.52 Å². The van der Waals surface area contributed by atoms with E-state index in [9.17, 15) is 18.0 Å². The van der Waals surface area contributed by atoms with Crippen molar-refractivity contribution in [2.75, 3.05) is 11.3 Å². The monoisotopic (exact) mass is 434 g/mol. The number of ether oxygens (including phenoxy) is 1. The number of cyclic esters (lactones) is 1. The minimum Gasteiger partial charge on any atom is -0.464 e. The number of hydrogen-bond donors (Lipinski definition) is 2. The van der Waals surface area contributed by atoms with Gasteiger partial charge in [0.15, 0.2) is 0 Å². The predicted octanol–water partition coefficient (Wildman–Crippen LogP) is 2.90. The summed E-state index contributed by atoms with van der Waals surface area (Å²) >= 11 is 12.6. The zero-order valence-electron chi connectivity index (χ0n) is 13.0. The topological polar surface area (TPSA) is 102 Å². The van der Waals surface area contributed by atoms with Gasteiger partial charge in [0.1, 0.15) is 15.3 Å². The van der Waals surface area contributed by atoms with Crippen molar-refractivity contribution < 1.29 is 22.7 Å². The van der Waals surface area contributed by atoms with E-state index in [4.69, 9.17) is 27.9 Å². The van der Waals surface area contributed by atoms with Gasteiger partial charge in [0.05, 0.1) is 10.9 Å². The van der Waals surface area contributed by atoms with Crippen LogP contribution in [0.3, 0.4) is 0 Å². The Hall–Kier alpha value is -1.81. The van der Waals surface area contributed by atoms with Crippen LogP contribution in [0.5, 0.6) is 0 Å². The van der Waals surface area contributed by atoms with Gasteiger partial charge in [0.2, 0.25) is 0 Å². The quantitative estimate of drug-likeness (QED) is 0.704. The Morgan fingerprint density at radius 3 is 2.46 bits per heavy atom. The zero-order valence-corrected chi connectivity index (χ0v) is 16.1. The maximum atomic E-state index is 12.3. The highest BCUT2D eigenvalue weighted by Gasteiger charge is 2.28. The Balaban J connectivity index is 1.70. The molecule has 138 valence electrons. The van der Waals surface area contributed by atoms with E-state index in [1.807, 2.05) is 0 Å². The fraction of sp³-hybridized carbons (Fsp3) is 0.200. The molecule has 1 aliphatic heterocycles. The Morgan fingerprint density at radius 1 is 1.23 bits per heavy atom. The Labute approximate surface area is 163 Å². The molecule has 0 aliphatic carbocycles. The lowest BCUT2D eigenvalue weighted by Gasteiger charge is -2.10. The number of anilines is 1. The number of esters is 1. The van der Waals surface area contributed by atoms with Crippen molar-refractivity contribution >= 4 is 62.1 Å². The van der Waals surface area contributed by atoms with Crippen LogP contribution >= 0.6 is 34.5 Å². The zero-order chi connectivity index (χ0) is 18.9. The van der Waals surface area contributed by atoms with Crippen molar-refractivity contribution in [3.05, 3.63) is 44.6 Å². The van der Waals surface area contributed by atoms with Crippen molar-refractivity contribution in [1.29, 1.82) is 0 Å². The van der Waals surface area contributed by atoms with Crippen molar-refractivity contribution in [2.24, 2.45) is 0 Å². The molecule has 2 heterocycles. The fourth-order valence-electron chi connectivity index (χ4n) is 2.28. The number of carbonyl (C=O) groups is 2. The standard InChI is InChI=1S/C15H12Cl2N2O5S2/c16-12-7-11(13(17)25-12)26(22,23)19-9-3-1-8(2-4-9)14(20)18-10-5-6-24-15(10)21/h1-4,7,10,19H,5-6H2,(H,18,20). The fourth-order valence-corrected chi connectivity index (χ4v) is 5.49. The normalized spacial score (nSPS) is 17.0. The minimum absolute atomic E-state index is 0.0574. The molecule has 1 saturated heterocycles. The van der Waals surface area contributed by atoms with Gasteiger partial charge in [-0.15, -0.1) is 11.3 Å². The number of thiophene rings is 1. The highest BCUT2D eigenvalue weighted by atomic mass is 35.5. The van der Waals surface area contributed by atoms with Gasteiger partial charge in [0, 0.05) is 17.7 Å². The first-order valence-electron chi connectivity index (χ1n) is 7.31. The van der Waals surface area contributed by atoms with Crippen LogP contribution in [0, 0.1) is 0 Å². The summed E-state index contributed by atoms with van der Waals surface area (Å²) in [5, 5.41) is 2.57. The van der Waals surface area contributed by atoms with E-state index in [1.165, 1.54) is 30.3 Å². The molecular weight excluding hydrogens is 423 g/mol. The smallest absolute Gasteiger partial charge is 0.328 e. The average Bonchev–Trinajstić information content (AvgIpc) is 3.13. The van der Waals surface area contributed by atoms with Gasteiger partial charge < -0.3 is 10.1 Å². The molecule has 11 heteroatoms. The molecule has 2 aromatic rings. The predicted molar refractivity (Wildman–Crippen MR) is 98.4 cm³/mol. The molecule has 0 saturated carbocycles. The first-order valence-corrected chi connectivity index (χ1v) is 10.4. The summed E-state index contributed by atoms with van der Waals surface area (Å²) in [4.78, 5) is 23.4. The molecule has 1 aliphatic rings. The molecule has 3 rings (SSSR count). The van der Waals surface area contributed by atoms with Gasteiger partial charge in [-0.25, -0.2) is 13.2 Å². The third-order valence-electron chi connectivity index (χ3n) is 3.55. The summed E-state index contributed by atoms with van der Waals surface area (Å²) < 4.78 is 32.1. The number of carbonyl (C=O) groups excluding carboxylic acids is 2. The van der Waals surface area contributed by atoms with Gasteiger partial charge in [-0.2, -0.15) is 0 Å². The lowest BCUT2D eigenvalue weighted by Crippen LogP contribution is -2.37. The van der Waals surface area contributed by atoms with Crippen LogP contribution in [-0.4, -0.2) is 32.9 Å². The van der Waals surface area contributed by atoms with Crippen molar-refractivity contribution in [2.45, 2.75) is 17.4 Å². The number of benzene rings is 1. The third kappa shape index (κ3) is 4.12. The summed E-state index contributed by atoms with van der Waals surface area (Å²) in [7, 11) is -3.90. The van der Waals surface area contributed by atoms with Crippen LogP contribution in [-0.2, 0) is 19.6 Å². The van der Waals surface area contributed by atoms with Crippen molar-refractivity contribution in [3.63, 3.8) is 0 Å². The summed E-state index contributed by atoms with van der Waals surface area (Å²) in [6.07, 6.45) is 0.423. The van der Waals surface area contributed by atoms with E-state index in [0.717, 1.165) is 11.3 Å². The summed E-state index contributed by atoms with van der Waals surface area (Å²) in [5.74, 6) is -0.912. The molecular formula is C15H12Cl2N2O5S2. The molecule has 0 radical (unpaired) electrons. The van der Waals surface area contributed by atoms with E-state index in [-0.39, 0.29) is 31.4 Å². The van der Waals surface area contributed by atoms with Crippen LogP contribution in [0.15, 0.2) is 35.2 Å². The van der Waals surface area contributed by atoms with Crippen molar-refractivity contribution in [1.82, 2.24) is 5.32 Å². The highest BCUT2D eigenvalue weighted by Crippen LogP contribution is 2.35. The molecule has 0 spiro atoms. The lowest BCUT2D eigenvalue weighted by molar-refractivity contribution is -0.139. The van der Waals surface area contributed by atoms with Gasteiger partial charge in [-0.05, 0) is 30.3 Å². The van der Waals surface area contributed by atoms with Crippen LogP contribution in [0.4, 0.5) is 5.69 Å². The summed E-state index contributed by atoms with van der Waals surface area (Å²) in [6, 6.07) is 6.35. The molecule has 7 nitrogen and oxygen atoms in total. The largest absolute Gasteiger partial charge is 0.464 e. The van der Waals surface area contributed by atoms with Crippen LogP contribution < -0.4 is 10.0 Å². The van der Waals surface area contributed by atoms with E-state index in [1.54, 1.807) is 0 Å². The molecule has 1 aromatic heterocycles. The van der Waals surface area contributed by atoms with Crippen molar-refractivity contribution in [3.8, 4) is 0 Å².